The molecule has 1 heterocycles. The summed E-state index contributed by atoms with van der Waals surface area (Å²) < 4.78 is 14.2. The molecule has 0 unspecified atom stereocenters. The van der Waals surface area contributed by atoms with Gasteiger partial charge in [-0.15, -0.1) is 0 Å². The van der Waals surface area contributed by atoms with Crippen molar-refractivity contribution in [3.05, 3.63) is 71.7 Å². The summed E-state index contributed by atoms with van der Waals surface area (Å²) in [6.45, 7) is 2.45. The molecule has 128 valence electrons. The number of aliphatic imine (C=N–C) groups is 1. The second-order valence-electron chi connectivity index (χ2n) is 5.49. The van der Waals surface area contributed by atoms with Crippen molar-refractivity contribution < 1.29 is 4.39 Å². The molecule has 0 aliphatic carbocycles. The molecule has 0 saturated heterocycles. The molecule has 0 spiro atoms. The summed E-state index contributed by atoms with van der Waals surface area (Å²) in [5.74, 6) is 0.297. The normalized spacial score (nSPS) is 11.6. The van der Waals surface area contributed by atoms with Gasteiger partial charge in [0.05, 0.1) is 6.54 Å². The predicted octanol–water partition coefficient (Wildman–Crippen LogP) is 4.86. The van der Waals surface area contributed by atoms with Crippen LogP contribution in [-0.2, 0) is 6.54 Å². The molecule has 3 aromatic rings. The highest BCUT2D eigenvalue weighted by Gasteiger charge is 2.16. The number of benzene rings is 2. The summed E-state index contributed by atoms with van der Waals surface area (Å²) in [5, 5.41) is 11.1. The molecule has 4 nitrogen and oxygen atoms in total. The SMILES string of the molecule is CSC(=NCc1ccccc1)Nc1n[nH]c(C)c1-c1ccccc1F. The number of nitrogens with zero attached hydrogens (tertiary/aromatic N) is 2. The van der Waals surface area contributed by atoms with E-state index in [9.17, 15) is 4.39 Å². The minimum Gasteiger partial charge on any atom is -0.318 e. The van der Waals surface area contributed by atoms with Gasteiger partial charge in [-0.1, -0.05) is 60.3 Å². The molecule has 25 heavy (non-hydrogen) atoms. The van der Waals surface area contributed by atoms with Crippen LogP contribution in [0.25, 0.3) is 11.1 Å². The molecule has 3 rings (SSSR count). The maximum atomic E-state index is 14.2. The number of aromatic nitrogens is 2. The molecule has 1 aromatic heterocycles. The van der Waals surface area contributed by atoms with Gasteiger partial charge in [0.25, 0.3) is 0 Å². The number of hydrogen-bond acceptors (Lipinski definition) is 3. The third-order valence-electron chi connectivity index (χ3n) is 3.76. The lowest BCUT2D eigenvalue weighted by Gasteiger charge is -2.09. The number of hydrogen-bond donors (Lipinski definition) is 2. The number of rotatable bonds is 4. The Balaban J connectivity index is 1.86. The number of nitrogens with one attached hydrogen (secondary N) is 2. The monoisotopic (exact) mass is 354 g/mol. The molecule has 0 aliphatic rings. The average Bonchev–Trinajstić information content (AvgIpc) is 3.00. The average molecular weight is 354 g/mol. The predicted molar refractivity (Wildman–Crippen MR) is 103 cm³/mol. The number of aryl methyl sites for hydroxylation is 1. The van der Waals surface area contributed by atoms with Crippen molar-refractivity contribution in [3.63, 3.8) is 0 Å². The van der Waals surface area contributed by atoms with Gasteiger partial charge in [0.1, 0.15) is 5.82 Å². The van der Waals surface area contributed by atoms with Gasteiger partial charge in [0.2, 0.25) is 0 Å². The van der Waals surface area contributed by atoms with Gasteiger partial charge in [-0.2, -0.15) is 5.10 Å². The van der Waals surface area contributed by atoms with Crippen molar-refractivity contribution in [1.82, 2.24) is 10.2 Å². The lowest BCUT2D eigenvalue weighted by Crippen LogP contribution is -2.09. The molecule has 0 saturated carbocycles. The quantitative estimate of drug-likeness (QED) is 0.520. The van der Waals surface area contributed by atoms with E-state index in [2.05, 4.69) is 20.5 Å². The van der Waals surface area contributed by atoms with Crippen molar-refractivity contribution in [1.29, 1.82) is 0 Å². The molecule has 6 heteroatoms. The van der Waals surface area contributed by atoms with Crippen LogP contribution in [0.1, 0.15) is 11.3 Å². The van der Waals surface area contributed by atoms with E-state index < -0.39 is 0 Å². The summed E-state index contributed by atoms with van der Waals surface area (Å²) in [4.78, 5) is 4.60. The number of anilines is 1. The third-order valence-corrected chi connectivity index (χ3v) is 4.38. The van der Waals surface area contributed by atoms with Crippen molar-refractivity contribution in [2.75, 3.05) is 11.6 Å². The summed E-state index contributed by atoms with van der Waals surface area (Å²) in [7, 11) is 0. The van der Waals surface area contributed by atoms with E-state index in [1.54, 1.807) is 12.1 Å². The van der Waals surface area contributed by atoms with Crippen LogP contribution >= 0.6 is 11.8 Å². The Morgan fingerprint density at radius 3 is 2.60 bits per heavy atom. The summed E-state index contributed by atoms with van der Waals surface area (Å²) in [6.07, 6.45) is 1.94. The molecular formula is C19H19FN4S. The molecule has 0 atom stereocenters. The van der Waals surface area contributed by atoms with E-state index in [4.69, 9.17) is 0 Å². The molecule has 0 amide bonds. The lowest BCUT2D eigenvalue weighted by atomic mass is 10.1. The van der Waals surface area contributed by atoms with E-state index in [1.165, 1.54) is 17.8 Å². The Bertz CT molecular complexity index is 874. The Morgan fingerprint density at radius 1 is 1.16 bits per heavy atom. The van der Waals surface area contributed by atoms with Crippen LogP contribution in [0.5, 0.6) is 0 Å². The maximum Gasteiger partial charge on any atom is 0.162 e. The van der Waals surface area contributed by atoms with E-state index in [1.807, 2.05) is 49.6 Å². The number of halogens is 1. The van der Waals surface area contributed by atoms with Gasteiger partial charge < -0.3 is 5.32 Å². The van der Waals surface area contributed by atoms with E-state index in [-0.39, 0.29) is 5.82 Å². The third kappa shape index (κ3) is 4.09. The lowest BCUT2D eigenvalue weighted by molar-refractivity contribution is 0.631. The minimum absolute atomic E-state index is 0.276. The highest BCUT2D eigenvalue weighted by molar-refractivity contribution is 8.13. The first-order valence-corrected chi connectivity index (χ1v) is 9.10. The van der Waals surface area contributed by atoms with Crippen LogP contribution in [0.4, 0.5) is 10.2 Å². The van der Waals surface area contributed by atoms with Gasteiger partial charge in [0, 0.05) is 16.8 Å². The van der Waals surface area contributed by atoms with E-state index in [0.717, 1.165) is 22.0 Å². The minimum atomic E-state index is -0.276. The Kier molecular flexibility index (Phi) is 5.50. The fourth-order valence-electron chi connectivity index (χ4n) is 2.52. The first-order valence-electron chi connectivity index (χ1n) is 7.88. The number of H-pyrrole nitrogens is 1. The smallest absolute Gasteiger partial charge is 0.162 e. The van der Waals surface area contributed by atoms with Crippen LogP contribution in [0.15, 0.2) is 59.6 Å². The first-order chi connectivity index (χ1) is 12.2. The molecule has 0 bridgehead atoms. The van der Waals surface area contributed by atoms with Gasteiger partial charge >= 0.3 is 0 Å². The van der Waals surface area contributed by atoms with Gasteiger partial charge in [-0.3, -0.25) is 10.1 Å². The molecule has 2 N–H and O–H groups in total. The van der Waals surface area contributed by atoms with Gasteiger partial charge in [-0.05, 0) is 24.8 Å². The molecule has 0 aliphatic heterocycles. The van der Waals surface area contributed by atoms with E-state index in [0.29, 0.717) is 17.9 Å². The first kappa shape index (κ1) is 17.2. The number of aromatic amines is 1. The van der Waals surface area contributed by atoms with Gasteiger partial charge in [-0.25, -0.2) is 4.39 Å². The van der Waals surface area contributed by atoms with Crippen molar-refractivity contribution in [2.24, 2.45) is 4.99 Å². The second kappa shape index (κ2) is 7.98. The van der Waals surface area contributed by atoms with Crippen molar-refractivity contribution in [2.45, 2.75) is 13.5 Å². The fourth-order valence-corrected chi connectivity index (χ4v) is 2.91. The summed E-state index contributed by atoms with van der Waals surface area (Å²) in [5.41, 5.74) is 3.17. The highest BCUT2D eigenvalue weighted by atomic mass is 32.2. The maximum absolute atomic E-state index is 14.2. The van der Waals surface area contributed by atoms with Crippen molar-refractivity contribution in [3.8, 4) is 11.1 Å². The van der Waals surface area contributed by atoms with Gasteiger partial charge in [0.15, 0.2) is 11.0 Å². The molecular weight excluding hydrogens is 335 g/mol. The molecule has 0 fully saturated rings. The zero-order valence-corrected chi connectivity index (χ0v) is 14.9. The summed E-state index contributed by atoms with van der Waals surface area (Å²) in [6, 6.07) is 16.7. The Labute approximate surface area is 150 Å². The Morgan fingerprint density at radius 2 is 1.88 bits per heavy atom. The fraction of sp³-hybridized carbons (Fsp3) is 0.158. The second-order valence-corrected chi connectivity index (χ2v) is 6.28. The van der Waals surface area contributed by atoms with Crippen LogP contribution in [0, 0.1) is 12.7 Å². The number of thioether (sulfide) groups is 1. The van der Waals surface area contributed by atoms with Crippen molar-refractivity contribution >= 4 is 22.7 Å². The van der Waals surface area contributed by atoms with E-state index >= 15 is 0 Å². The molecule has 0 radical (unpaired) electrons. The van der Waals surface area contributed by atoms with Crippen LogP contribution in [0.2, 0.25) is 0 Å². The largest absolute Gasteiger partial charge is 0.318 e. The zero-order chi connectivity index (χ0) is 17.6. The summed E-state index contributed by atoms with van der Waals surface area (Å²) >= 11 is 1.49. The topological polar surface area (TPSA) is 53.1 Å². The zero-order valence-electron chi connectivity index (χ0n) is 14.1. The van der Waals surface area contributed by atoms with Crippen LogP contribution < -0.4 is 5.32 Å². The Hall–Kier alpha value is -2.60. The standard InChI is InChI=1S/C19H19FN4S/c1-13-17(15-10-6-7-11-16(15)20)18(24-23-13)22-19(25-2)21-12-14-8-4-3-5-9-14/h3-11H,12H2,1-2H3,(H2,21,22,23,24). The van der Waals surface area contributed by atoms with Crippen LogP contribution in [0.3, 0.4) is 0 Å². The number of amidine groups is 1. The molecule has 2 aromatic carbocycles. The van der Waals surface area contributed by atoms with Crippen LogP contribution in [-0.4, -0.2) is 21.6 Å². The highest BCUT2D eigenvalue weighted by Crippen LogP contribution is 2.31.